The first-order chi connectivity index (χ1) is 6.74. The van der Waals surface area contributed by atoms with Crippen LogP contribution >= 0.6 is 15.9 Å². The first-order valence-corrected chi connectivity index (χ1v) is 5.31. The Bertz CT molecular complexity index is 366. The van der Waals surface area contributed by atoms with Gasteiger partial charge in [0.05, 0.1) is 4.47 Å². The zero-order valence-electron chi connectivity index (χ0n) is 7.97. The average molecular weight is 258 g/mol. The maximum atomic E-state index is 5.54. The van der Waals surface area contributed by atoms with Crippen molar-refractivity contribution in [3.05, 3.63) is 21.7 Å². The molecule has 1 heterocycles. The van der Waals surface area contributed by atoms with Crippen LogP contribution in [0, 0.1) is 6.92 Å². The molecule has 1 aliphatic rings. The summed E-state index contributed by atoms with van der Waals surface area (Å²) in [5.74, 6) is 1.66. The van der Waals surface area contributed by atoms with E-state index in [1.165, 1.54) is 5.56 Å². The summed E-state index contributed by atoms with van der Waals surface area (Å²) < 4.78 is 11.7. The molecule has 0 saturated carbocycles. The molecule has 1 aliphatic heterocycles. The maximum Gasteiger partial charge on any atom is 0.231 e. The van der Waals surface area contributed by atoms with Gasteiger partial charge in [-0.15, -0.1) is 0 Å². The molecule has 0 aromatic heterocycles. The van der Waals surface area contributed by atoms with E-state index < -0.39 is 0 Å². The van der Waals surface area contributed by atoms with Crippen LogP contribution in [0.15, 0.2) is 10.5 Å². The Morgan fingerprint density at radius 1 is 1.43 bits per heavy atom. The van der Waals surface area contributed by atoms with Crippen molar-refractivity contribution in [2.45, 2.75) is 13.3 Å². The Labute approximate surface area is 91.3 Å². The summed E-state index contributed by atoms with van der Waals surface area (Å²) in [5, 5.41) is 0. The van der Waals surface area contributed by atoms with Gasteiger partial charge in [0.1, 0.15) is 0 Å². The lowest BCUT2D eigenvalue weighted by atomic mass is 10.0. The van der Waals surface area contributed by atoms with Crippen molar-refractivity contribution in [3.63, 3.8) is 0 Å². The standard InChI is InChI=1S/C10H12BrNO2/c1-6-7(2-3-12)4-8(11)10-9(6)13-5-14-10/h4H,2-3,5,12H2,1H3. The number of fused-ring (bicyclic) bond motifs is 1. The Morgan fingerprint density at radius 3 is 2.86 bits per heavy atom. The molecule has 1 aromatic rings. The third-order valence-electron chi connectivity index (χ3n) is 2.37. The molecule has 3 nitrogen and oxygen atoms in total. The van der Waals surface area contributed by atoms with Gasteiger partial charge in [0.25, 0.3) is 0 Å². The molecule has 14 heavy (non-hydrogen) atoms. The first kappa shape index (κ1) is 9.80. The second-order valence-corrected chi connectivity index (χ2v) is 4.10. The van der Waals surface area contributed by atoms with Crippen molar-refractivity contribution in [1.29, 1.82) is 0 Å². The van der Waals surface area contributed by atoms with Crippen molar-refractivity contribution in [2.75, 3.05) is 13.3 Å². The normalized spacial score (nSPS) is 13.4. The van der Waals surface area contributed by atoms with Crippen LogP contribution in [0.1, 0.15) is 11.1 Å². The van der Waals surface area contributed by atoms with Crippen LogP contribution in [0.3, 0.4) is 0 Å². The van der Waals surface area contributed by atoms with E-state index in [0.717, 1.165) is 28.0 Å². The summed E-state index contributed by atoms with van der Waals surface area (Å²) in [5.41, 5.74) is 7.88. The van der Waals surface area contributed by atoms with Gasteiger partial charge in [0, 0.05) is 0 Å². The molecule has 0 bridgehead atoms. The number of hydrogen-bond donors (Lipinski definition) is 1. The van der Waals surface area contributed by atoms with Crippen LogP contribution in [0.25, 0.3) is 0 Å². The Kier molecular flexibility index (Phi) is 2.65. The third kappa shape index (κ3) is 1.48. The lowest BCUT2D eigenvalue weighted by Crippen LogP contribution is -2.04. The zero-order chi connectivity index (χ0) is 10.1. The molecule has 0 saturated heterocycles. The van der Waals surface area contributed by atoms with Crippen molar-refractivity contribution in [1.82, 2.24) is 0 Å². The van der Waals surface area contributed by atoms with E-state index in [1.807, 2.05) is 6.92 Å². The molecule has 0 unspecified atom stereocenters. The first-order valence-electron chi connectivity index (χ1n) is 4.51. The topological polar surface area (TPSA) is 44.5 Å². The van der Waals surface area contributed by atoms with Crippen LogP contribution in [0.5, 0.6) is 11.5 Å². The predicted molar refractivity (Wildman–Crippen MR) is 57.8 cm³/mol. The third-order valence-corrected chi connectivity index (χ3v) is 2.96. The van der Waals surface area contributed by atoms with Gasteiger partial charge in [-0.2, -0.15) is 0 Å². The fourth-order valence-electron chi connectivity index (χ4n) is 1.62. The number of halogens is 1. The van der Waals surface area contributed by atoms with Crippen LogP contribution in [0.2, 0.25) is 0 Å². The van der Waals surface area contributed by atoms with Gasteiger partial charge in [-0.25, -0.2) is 0 Å². The van der Waals surface area contributed by atoms with Crippen LogP contribution < -0.4 is 15.2 Å². The zero-order valence-corrected chi connectivity index (χ0v) is 9.56. The SMILES string of the molecule is Cc1c(CCN)cc(Br)c2c1OCO2. The molecular formula is C10H12BrNO2. The number of nitrogens with two attached hydrogens (primary N) is 1. The molecule has 2 N–H and O–H groups in total. The van der Waals surface area contributed by atoms with Gasteiger partial charge in [-0.1, -0.05) is 0 Å². The second kappa shape index (κ2) is 3.79. The van der Waals surface area contributed by atoms with E-state index >= 15 is 0 Å². The summed E-state index contributed by atoms with van der Waals surface area (Å²) in [7, 11) is 0. The van der Waals surface area contributed by atoms with E-state index in [1.54, 1.807) is 0 Å². The molecule has 1 aromatic carbocycles. The van der Waals surface area contributed by atoms with Crippen molar-refractivity contribution in [3.8, 4) is 11.5 Å². The molecule has 0 aliphatic carbocycles. The minimum absolute atomic E-state index is 0.306. The molecule has 0 radical (unpaired) electrons. The maximum absolute atomic E-state index is 5.54. The van der Waals surface area contributed by atoms with Gasteiger partial charge >= 0.3 is 0 Å². The van der Waals surface area contributed by atoms with E-state index in [4.69, 9.17) is 15.2 Å². The van der Waals surface area contributed by atoms with Crippen molar-refractivity contribution in [2.24, 2.45) is 5.73 Å². The highest BCUT2D eigenvalue weighted by molar-refractivity contribution is 9.10. The number of hydrogen-bond acceptors (Lipinski definition) is 3. The highest BCUT2D eigenvalue weighted by Crippen LogP contribution is 2.43. The monoisotopic (exact) mass is 257 g/mol. The number of ether oxygens (including phenoxy) is 2. The molecule has 0 spiro atoms. The Balaban J connectivity index is 2.50. The van der Waals surface area contributed by atoms with E-state index in [-0.39, 0.29) is 0 Å². The minimum Gasteiger partial charge on any atom is -0.453 e. The fourth-order valence-corrected chi connectivity index (χ4v) is 2.19. The Hall–Kier alpha value is -0.740. The summed E-state index contributed by atoms with van der Waals surface area (Å²) in [6.45, 7) is 2.98. The van der Waals surface area contributed by atoms with Gasteiger partial charge in [0.2, 0.25) is 6.79 Å². The number of rotatable bonds is 2. The summed E-state index contributed by atoms with van der Waals surface area (Å²) in [4.78, 5) is 0. The van der Waals surface area contributed by atoms with Crippen LogP contribution in [-0.4, -0.2) is 13.3 Å². The lowest BCUT2D eigenvalue weighted by molar-refractivity contribution is 0.173. The summed E-state index contributed by atoms with van der Waals surface area (Å²) in [6, 6.07) is 2.05. The summed E-state index contributed by atoms with van der Waals surface area (Å²) >= 11 is 3.46. The largest absolute Gasteiger partial charge is 0.453 e. The highest BCUT2D eigenvalue weighted by atomic mass is 79.9. The summed E-state index contributed by atoms with van der Waals surface area (Å²) in [6.07, 6.45) is 0.862. The molecule has 0 atom stereocenters. The number of benzene rings is 1. The fraction of sp³-hybridized carbons (Fsp3) is 0.400. The van der Waals surface area contributed by atoms with E-state index in [2.05, 4.69) is 22.0 Å². The predicted octanol–water partition coefficient (Wildman–Crippen LogP) is 1.99. The molecule has 76 valence electrons. The van der Waals surface area contributed by atoms with Gasteiger partial charge in [0.15, 0.2) is 11.5 Å². The minimum atomic E-state index is 0.306. The Morgan fingerprint density at radius 2 is 2.14 bits per heavy atom. The molecule has 0 fully saturated rings. The highest BCUT2D eigenvalue weighted by Gasteiger charge is 2.21. The van der Waals surface area contributed by atoms with E-state index in [9.17, 15) is 0 Å². The van der Waals surface area contributed by atoms with Crippen molar-refractivity contribution < 1.29 is 9.47 Å². The molecule has 0 amide bonds. The van der Waals surface area contributed by atoms with Gasteiger partial charge in [-0.3, -0.25) is 0 Å². The quantitative estimate of drug-likeness (QED) is 0.882. The average Bonchev–Trinajstić information content (AvgIpc) is 2.63. The smallest absolute Gasteiger partial charge is 0.231 e. The van der Waals surface area contributed by atoms with E-state index in [0.29, 0.717) is 13.3 Å². The van der Waals surface area contributed by atoms with Gasteiger partial charge < -0.3 is 15.2 Å². The second-order valence-electron chi connectivity index (χ2n) is 3.25. The molecule has 4 heteroatoms. The molecule has 2 rings (SSSR count). The lowest BCUT2D eigenvalue weighted by Gasteiger charge is -2.09. The van der Waals surface area contributed by atoms with Crippen LogP contribution in [-0.2, 0) is 6.42 Å². The van der Waals surface area contributed by atoms with Crippen molar-refractivity contribution >= 4 is 15.9 Å². The van der Waals surface area contributed by atoms with Gasteiger partial charge in [-0.05, 0) is 53.0 Å². The van der Waals surface area contributed by atoms with Crippen LogP contribution in [0.4, 0.5) is 0 Å². The molecular weight excluding hydrogens is 246 g/mol.